The van der Waals surface area contributed by atoms with Gasteiger partial charge >= 0.3 is 0 Å². The quantitative estimate of drug-likeness (QED) is 0.0931. The van der Waals surface area contributed by atoms with Gasteiger partial charge in [0.25, 0.3) is 0 Å². The molecule has 1 heterocycles. The predicted molar refractivity (Wildman–Crippen MR) is 85.7 cm³/mol. The largest absolute Gasteiger partial charge is 0.726 e. The lowest BCUT2D eigenvalue weighted by Crippen LogP contribution is -2.53. The minimum absolute atomic E-state index is 0.0296. The van der Waals surface area contributed by atoms with E-state index in [1.807, 2.05) is 0 Å². The Hall–Kier alpha value is -0.100. The van der Waals surface area contributed by atoms with Crippen LogP contribution in [0.15, 0.2) is 0 Å². The van der Waals surface area contributed by atoms with Crippen molar-refractivity contribution in [3.8, 4) is 0 Å². The standard InChI is InChI=1S/C12H24O12S2/c13-1-5(15)10(19)11(20)12(24-26(21,22)23)7(17)4-25-3-6(16)9(18)8(25)2-14/h5-20H,1-4H2/t5-,6-,7-,8-,9+,10-,11-,12-,25?/m1/s1. The lowest BCUT2D eigenvalue weighted by Gasteiger charge is -2.31. The molecular weight excluding hydrogens is 400 g/mol. The smallest absolute Gasteiger partial charge is 0.218 e. The molecule has 0 aliphatic carbocycles. The fourth-order valence-electron chi connectivity index (χ4n) is 2.62. The molecule has 1 rings (SSSR count). The first-order valence-corrected chi connectivity index (χ1v) is 10.5. The summed E-state index contributed by atoms with van der Waals surface area (Å²) in [7, 11) is -6.45. The molecule has 1 aliphatic heterocycles. The van der Waals surface area contributed by atoms with E-state index in [9.17, 15) is 48.7 Å². The van der Waals surface area contributed by atoms with E-state index in [1.165, 1.54) is 0 Å². The van der Waals surface area contributed by atoms with Gasteiger partial charge in [0.15, 0.2) is 5.25 Å². The van der Waals surface area contributed by atoms with E-state index in [0.717, 1.165) is 0 Å². The molecule has 156 valence electrons. The van der Waals surface area contributed by atoms with Gasteiger partial charge in [-0.05, 0) is 0 Å². The van der Waals surface area contributed by atoms with E-state index in [1.54, 1.807) is 0 Å². The highest BCUT2D eigenvalue weighted by Crippen LogP contribution is 2.26. The van der Waals surface area contributed by atoms with Gasteiger partial charge in [-0.3, -0.25) is 4.18 Å². The zero-order chi connectivity index (χ0) is 20.2. The minimum atomic E-state index is -5.42. The van der Waals surface area contributed by atoms with Crippen molar-refractivity contribution in [3.63, 3.8) is 0 Å². The van der Waals surface area contributed by atoms with E-state index in [0.29, 0.717) is 0 Å². The Morgan fingerprint density at radius 2 is 1.65 bits per heavy atom. The van der Waals surface area contributed by atoms with Gasteiger partial charge in [-0.2, -0.15) is 0 Å². The zero-order valence-corrected chi connectivity index (χ0v) is 15.1. The van der Waals surface area contributed by atoms with Crippen molar-refractivity contribution in [1.29, 1.82) is 0 Å². The molecule has 1 unspecified atom stereocenters. The maximum absolute atomic E-state index is 10.9. The highest BCUT2D eigenvalue weighted by atomic mass is 32.3. The average Bonchev–Trinajstić information content (AvgIpc) is 2.82. The Balaban J connectivity index is 2.95. The average molecular weight is 424 g/mol. The first-order valence-electron chi connectivity index (χ1n) is 7.53. The van der Waals surface area contributed by atoms with Crippen molar-refractivity contribution in [2.75, 3.05) is 24.7 Å². The van der Waals surface area contributed by atoms with Crippen LogP contribution in [0.4, 0.5) is 0 Å². The van der Waals surface area contributed by atoms with E-state index >= 15 is 0 Å². The molecule has 0 spiro atoms. The fourth-order valence-corrected chi connectivity index (χ4v) is 5.82. The molecule has 0 saturated carbocycles. The summed E-state index contributed by atoms with van der Waals surface area (Å²) in [4.78, 5) is 0. The molecule has 0 aromatic heterocycles. The van der Waals surface area contributed by atoms with Crippen molar-refractivity contribution in [3.05, 3.63) is 0 Å². The molecule has 12 nitrogen and oxygen atoms in total. The summed E-state index contributed by atoms with van der Waals surface area (Å²) >= 11 is 0. The second kappa shape index (κ2) is 9.90. The molecule has 0 bridgehead atoms. The molecular formula is C12H24O12S2. The summed E-state index contributed by atoms with van der Waals surface area (Å²) in [6, 6.07) is 0. The van der Waals surface area contributed by atoms with Crippen LogP contribution < -0.4 is 0 Å². The van der Waals surface area contributed by atoms with Crippen LogP contribution in [0.5, 0.6) is 0 Å². The van der Waals surface area contributed by atoms with Gasteiger partial charge in [-0.25, -0.2) is 8.42 Å². The van der Waals surface area contributed by atoms with Gasteiger partial charge in [0, 0.05) is 10.9 Å². The normalized spacial score (nSPS) is 32.8. The van der Waals surface area contributed by atoms with Gasteiger partial charge in [-0.1, -0.05) is 0 Å². The number of aliphatic hydroxyl groups excluding tert-OH is 8. The predicted octanol–water partition coefficient (Wildman–Crippen LogP) is -6.02. The molecule has 8 N–H and O–H groups in total. The van der Waals surface area contributed by atoms with Crippen molar-refractivity contribution < 1.29 is 58.0 Å². The second-order valence-electron chi connectivity index (χ2n) is 5.92. The number of aliphatic hydroxyl groups is 8. The van der Waals surface area contributed by atoms with E-state index in [4.69, 9.17) is 5.11 Å². The Labute approximate surface area is 152 Å². The Morgan fingerprint density at radius 3 is 2.12 bits per heavy atom. The second-order valence-corrected chi connectivity index (χ2v) is 9.27. The van der Waals surface area contributed by atoms with Gasteiger partial charge in [-0.15, -0.1) is 0 Å². The molecule has 1 aliphatic rings. The van der Waals surface area contributed by atoms with Crippen LogP contribution in [0.1, 0.15) is 0 Å². The third-order valence-corrected chi connectivity index (χ3v) is 7.31. The van der Waals surface area contributed by atoms with Crippen molar-refractivity contribution in [2.45, 2.75) is 48.0 Å². The molecule has 0 amide bonds. The van der Waals surface area contributed by atoms with E-state index in [-0.39, 0.29) is 11.5 Å². The van der Waals surface area contributed by atoms with Crippen molar-refractivity contribution in [1.82, 2.24) is 0 Å². The van der Waals surface area contributed by atoms with Crippen LogP contribution in [0.25, 0.3) is 0 Å². The lowest BCUT2D eigenvalue weighted by atomic mass is 10.0. The van der Waals surface area contributed by atoms with Crippen LogP contribution in [-0.4, -0.2) is 127 Å². The summed E-state index contributed by atoms with van der Waals surface area (Å²) < 4.78 is 36.7. The number of hydrogen-bond donors (Lipinski definition) is 8. The minimum Gasteiger partial charge on any atom is -0.726 e. The molecule has 9 atom stereocenters. The molecule has 1 fully saturated rings. The number of hydrogen-bond acceptors (Lipinski definition) is 12. The molecule has 26 heavy (non-hydrogen) atoms. The van der Waals surface area contributed by atoms with E-state index in [2.05, 4.69) is 4.18 Å². The highest BCUT2D eigenvalue weighted by Gasteiger charge is 2.51. The topological polar surface area (TPSA) is 228 Å². The molecule has 14 heteroatoms. The van der Waals surface area contributed by atoms with Crippen LogP contribution in [0.3, 0.4) is 0 Å². The van der Waals surface area contributed by atoms with Gasteiger partial charge in [0.2, 0.25) is 10.4 Å². The summed E-state index contributed by atoms with van der Waals surface area (Å²) in [6.07, 6.45) is -12.8. The molecule has 0 aromatic carbocycles. The summed E-state index contributed by atoms with van der Waals surface area (Å²) in [5.41, 5.74) is 0. The summed E-state index contributed by atoms with van der Waals surface area (Å²) in [5, 5.41) is 75.8. The van der Waals surface area contributed by atoms with Crippen molar-refractivity contribution >= 4 is 21.3 Å². The van der Waals surface area contributed by atoms with Gasteiger partial charge in [0.1, 0.15) is 54.2 Å². The lowest BCUT2D eigenvalue weighted by molar-refractivity contribution is -0.129. The monoisotopic (exact) mass is 424 g/mol. The van der Waals surface area contributed by atoms with Gasteiger partial charge < -0.3 is 45.4 Å². The Bertz CT molecular complexity index is 530. The molecule has 0 aromatic rings. The summed E-state index contributed by atoms with van der Waals surface area (Å²) in [5.74, 6) is -0.406. The van der Waals surface area contributed by atoms with Gasteiger partial charge in [0.05, 0.1) is 13.2 Å². The molecule has 0 radical (unpaired) electrons. The maximum Gasteiger partial charge on any atom is 0.218 e. The van der Waals surface area contributed by atoms with E-state index < -0.39 is 82.5 Å². The van der Waals surface area contributed by atoms with Crippen LogP contribution >= 0.6 is 0 Å². The van der Waals surface area contributed by atoms with Crippen LogP contribution in [-0.2, 0) is 25.5 Å². The van der Waals surface area contributed by atoms with Crippen molar-refractivity contribution in [2.24, 2.45) is 0 Å². The SMILES string of the molecule is O=S(=O)([O-])O[C@@H]([C@H](O)[C@H](O)[C@H](O)CO)[C@H](O)C[S+]1C[C@@H](O)[C@H](O)[C@H]1CO. The molecule has 1 saturated heterocycles. The summed E-state index contributed by atoms with van der Waals surface area (Å²) in [6.45, 7) is -1.53. The fraction of sp³-hybridized carbons (Fsp3) is 1.00. The number of rotatable bonds is 10. The third kappa shape index (κ3) is 6.22. The maximum atomic E-state index is 10.9. The third-order valence-electron chi connectivity index (χ3n) is 4.03. The first kappa shape index (κ1) is 23.9. The Morgan fingerprint density at radius 1 is 1.08 bits per heavy atom. The highest BCUT2D eigenvalue weighted by molar-refractivity contribution is 7.97. The zero-order valence-electron chi connectivity index (χ0n) is 13.5. The van der Waals surface area contributed by atoms with Crippen LogP contribution in [0, 0.1) is 0 Å². The Kier molecular flexibility index (Phi) is 9.12. The first-order chi connectivity index (χ1) is 11.9. The van der Waals surface area contributed by atoms with Crippen LogP contribution in [0.2, 0.25) is 0 Å².